The second-order valence-electron chi connectivity index (χ2n) is 8.01. The molecule has 3 aliphatic rings. The van der Waals surface area contributed by atoms with Gasteiger partial charge in [-0.05, 0) is 52.9 Å². The molecule has 2 aliphatic carbocycles. The fourth-order valence-corrected chi connectivity index (χ4v) is 4.31. The zero-order valence-corrected chi connectivity index (χ0v) is 13.3. The molecule has 2 bridgehead atoms. The summed E-state index contributed by atoms with van der Waals surface area (Å²) in [5.74, 6) is 0.811. The fourth-order valence-electron chi connectivity index (χ4n) is 4.31. The van der Waals surface area contributed by atoms with Gasteiger partial charge < -0.3 is 5.32 Å². The number of fused-ring (bicyclic) bond motifs is 2. The van der Waals surface area contributed by atoms with Crippen LogP contribution in [-0.2, 0) is 10.0 Å². The number of nitrogens with zero attached hydrogens (tertiary/aromatic N) is 1. The van der Waals surface area contributed by atoms with Crippen molar-refractivity contribution in [3.05, 3.63) is 23.8 Å². The lowest BCUT2D eigenvalue weighted by molar-refractivity contribution is -0.289. The first-order valence-corrected chi connectivity index (χ1v) is 7.87. The summed E-state index contributed by atoms with van der Waals surface area (Å²) >= 11 is 0. The van der Waals surface area contributed by atoms with E-state index in [2.05, 4.69) is 23.5 Å². The van der Waals surface area contributed by atoms with Crippen LogP contribution in [0.4, 0.5) is 0 Å². The van der Waals surface area contributed by atoms with Crippen molar-refractivity contribution < 1.29 is 10.0 Å². The second-order valence-corrected chi connectivity index (χ2v) is 8.01. The van der Waals surface area contributed by atoms with Crippen LogP contribution in [0.1, 0.15) is 47.0 Å². The highest BCUT2D eigenvalue weighted by molar-refractivity contribution is 5.95. The minimum Gasteiger partial charge on any atom is -0.349 e. The van der Waals surface area contributed by atoms with Gasteiger partial charge in [-0.3, -0.25) is 4.79 Å². The van der Waals surface area contributed by atoms with E-state index in [1.54, 1.807) is 0 Å². The molecule has 1 fully saturated rings. The maximum Gasteiger partial charge on any atom is 0.247 e. The molecule has 0 saturated carbocycles. The molecule has 2 atom stereocenters. The van der Waals surface area contributed by atoms with Crippen LogP contribution in [0.2, 0.25) is 0 Å². The Balaban J connectivity index is 1.68. The molecule has 4 heteroatoms. The molecule has 1 heterocycles. The average molecular weight is 289 g/mol. The van der Waals surface area contributed by atoms with Crippen LogP contribution in [0.3, 0.4) is 0 Å². The van der Waals surface area contributed by atoms with Crippen molar-refractivity contribution in [1.82, 2.24) is 10.4 Å². The van der Waals surface area contributed by atoms with Crippen molar-refractivity contribution in [2.75, 3.05) is 0 Å². The fraction of sp³-hybridized carbons (Fsp3) is 0.706. The number of rotatable bonds is 2. The van der Waals surface area contributed by atoms with Crippen molar-refractivity contribution in [3.63, 3.8) is 0 Å². The molecule has 21 heavy (non-hydrogen) atoms. The van der Waals surface area contributed by atoms with Crippen LogP contribution in [0.25, 0.3) is 0 Å². The van der Waals surface area contributed by atoms with Gasteiger partial charge in [0, 0.05) is 28.6 Å². The number of allylic oxidation sites excluding steroid dienone is 3. The SMILES string of the molecule is CC1(C)CC(NC(=O)C2=C[C@@H]3C=C[C@H]2C3)CC(C)(C)N1[O]. The summed E-state index contributed by atoms with van der Waals surface area (Å²) in [6, 6.07) is 0.0664. The first-order valence-electron chi connectivity index (χ1n) is 7.87. The van der Waals surface area contributed by atoms with E-state index in [1.165, 1.54) is 5.06 Å². The summed E-state index contributed by atoms with van der Waals surface area (Å²) in [7, 11) is 0. The van der Waals surface area contributed by atoms with Crippen molar-refractivity contribution in [3.8, 4) is 0 Å². The smallest absolute Gasteiger partial charge is 0.247 e. The number of amides is 1. The molecule has 4 nitrogen and oxygen atoms in total. The highest BCUT2D eigenvalue weighted by Crippen LogP contribution is 2.40. The van der Waals surface area contributed by atoms with E-state index in [-0.39, 0.29) is 11.9 Å². The number of nitrogens with one attached hydrogen (secondary N) is 1. The van der Waals surface area contributed by atoms with Gasteiger partial charge >= 0.3 is 0 Å². The molecule has 0 aromatic heterocycles. The van der Waals surface area contributed by atoms with Crippen molar-refractivity contribution in [2.45, 2.75) is 64.1 Å². The Morgan fingerprint density at radius 1 is 1.19 bits per heavy atom. The Morgan fingerprint density at radius 2 is 1.81 bits per heavy atom. The molecule has 3 rings (SSSR count). The lowest BCUT2D eigenvalue weighted by Gasteiger charge is -2.50. The zero-order chi connectivity index (χ0) is 15.4. The highest BCUT2D eigenvalue weighted by Gasteiger charge is 2.46. The molecular formula is C17H25N2O2. The Kier molecular flexibility index (Phi) is 3.30. The third-order valence-electron chi connectivity index (χ3n) is 5.10. The van der Waals surface area contributed by atoms with Gasteiger partial charge in [0.15, 0.2) is 0 Å². The Bertz CT molecular complexity index is 501. The number of hydroxylamine groups is 2. The van der Waals surface area contributed by atoms with Gasteiger partial charge in [0.25, 0.3) is 0 Å². The van der Waals surface area contributed by atoms with Crippen LogP contribution < -0.4 is 5.32 Å². The molecule has 1 radical (unpaired) electrons. The Hall–Kier alpha value is -1.13. The lowest BCUT2D eigenvalue weighted by Crippen LogP contribution is -2.62. The Morgan fingerprint density at radius 3 is 2.29 bits per heavy atom. The minimum atomic E-state index is -0.442. The topological polar surface area (TPSA) is 52.2 Å². The quantitative estimate of drug-likeness (QED) is 0.794. The standard InChI is InChI=1S/C17H25N2O2/c1-16(2)9-13(10-17(3,4)19(16)21)18-15(20)14-8-11-5-6-12(14)7-11/h5-6,8,11-13H,7,9-10H2,1-4H3,(H,18,20)/t11-,12+/m1/s1. The van der Waals surface area contributed by atoms with Gasteiger partial charge in [-0.15, -0.1) is 10.3 Å². The van der Waals surface area contributed by atoms with Gasteiger partial charge in [0.05, 0.1) is 0 Å². The molecule has 1 amide bonds. The predicted molar refractivity (Wildman–Crippen MR) is 80.7 cm³/mol. The predicted octanol–water partition coefficient (Wildman–Crippen LogP) is 2.60. The lowest BCUT2D eigenvalue weighted by atomic mass is 9.79. The minimum absolute atomic E-state index is 0.0581. The molecular weight excluding hydrogens is 264 g/mol. The monoisotopic (exact) mass is 289 g/mol. The number of hydrogen-bond donors (Lipinski definition) is 1. The van der Waals surface area contributed by atoms with Crippen LogP contribution in [0.5, 0.6) is 0 Å². The summed E-state index contributed by atoms with van der Waals surface area (Å²) in [5, 5.41) is 16.7. The molecule has 115 valence electrons. The van der Waals surface area contributed by atoms with Crippen LogP contribution in [-0.4, -0.2) is 28.1 Å². The molecule has 0 aromatic carbocycles. The molecule has 0 spiro atoms. The largest absolute Gasteiger partial charge is 0.349 e. The number of carbonyl (C=O) groups is 1. The maximum atomic E-state index is 12.5. The van der Waals surface area contributed by atoms with Gasteiger partial charge in [-0.2, -0.15) is 0 Å². The van der Waals surface area contributed by atoms with E-state index < -0.39 is 11.1 Å². The molecule has 1 N–H and O–H groups in total. The van der Waals surface area contributed by atoms with E-state index >= 15 is 0 Å². The molecule has 1 aliphatic heterocycles. The highest BCUT2D eigenvalue weighted by atomic mass is 16.5. The van der Waals surface area contributed by atoms with E-state index in [4.69, 9.17) is 0 Å². The summed E-state index contributed by atoms with van der Waals surface area (Å²) in [4.78, 5) is 12.5. The summed E-state index contributed by atoms with van der Waals surface area (Å²) in [6.45, 7) is 7.83. The van der Waals surface area contributed by atoms with Crippen LogP contribution in [0.15, 0.2) is 23.8 Å². The van der Waals surface area contributed by atoms with Crippen LogP contribution >= 0.6 is 0 Å². The summed E-state index contributed by atoms with van der Waals surface area (Å²) < 4.78 is 0. The maximum absolute atomic E-state index is 12.5. The van der Waals surface area contributed by atoms with Gasteiger partial charge in [0.2, 0.25) is 5.91 Å². The van der Waals surface area contributed by atoms with Crippen molar-refractivity contribution >= 4 is 5.91 Å². The van der Waals surface area contributed by atoms with Crippen molar-refractivity contribution in [1.29, 1.82) is 0 Å². The summed E-state index contributed by atoms with van der Waals surface area (Å²) in [6.07, 6.45) is 8.88. The van der Waals surface area contributed by atoms with Crippen LogP contribution in [0, 0.1) is 11.8 Å². The Labute approximate surface area is 126 Å². The first kappa shape index (κ1) is 14.8. The number of carbonyl (C=O) groups excluding carboxylic acids is 1. The average Bonchev–Trinajstić information content (AvgIpc) is 2.97. The van der Waals surface area contributed by atoms with Crippen molar-refractivity contribution in [2.24, 2.45) is 11.8 Å². The first-order chi connectivity index (χ1) is 9.69. The van der Waals surface area contributed by atoms with E-state index in [0.29, 0.717) is 24.7 Å². The van der Waals surface area contributed by atoms with E-state index in [9.17, 15) is 10.0 Å². The third-order valence-corrected chi connectivity index (χ3v) is 5.10. The number of hydrogen-bond acceptors (Lipinski definition) is 2. The van der Waals surface area contributed by atoms with Gasteiger partial charge in [-0.1, -0.05) is 18.2 Å². The summed E-state index contributed by atoms with van der Waals surface area (Å²) in [5.41, 5.74) is 0.0355. The van der Waals surface area contributed by atoms with Gasteiger partial charge in [-0.25, -0.2) is 0 Å². The zero-order valence-electron chi connectivity index (χ0n) is 13.3. The van der Waals surface area contributed by atoms with E-state index in [1.807, 2.05) is 27.7 Å². The van der Waals surface area contributed by atoms with E-state index in [0.717, 1.165) is 12.0 Å². The molecule has 0 aromatic rings. The third kappa shape index (κ3) is 2.55. The van der Waals surface area contributed by atoms with Gasteiger partial charge in [0.1, 0.15) is 0 Å². The second kappa shape index (κ2) is 4.68. The molecule has 0 unspecified atom stereocenters. The number of piperidine rings is 1. The normalized spacial score (nSPS) is 34.0. The molecule has 1 saturated heterocycles.